The minimum absolute atomic E-state index is 0.114. The van der Waals surface area contributed by atoms with Crippen LogP contribution in [0.25, 0.3) is 0 Å². The molecule has 0 aliphatic carbocycles. The van der Waals surface area contributed by atoms with Gasteiger partial charge in [-0.2, -0.15) is 0 Å². The second-order valence-electron chi connectivity index (χ2n) is 3.89. The van der Waals surface area contributed by atoms with Crippen LogP contribution < -0.4 is 5.32 Å². The van der Waals surface area contributed by atoms with Gasteiger partial charge in [0, 0.05) is 35.4 Å². The Kier molecular flexibility index (Phi) is 5.66. The monoisotopic (exact) mass is 241 g/mol. The van der Waals surface area contributed by atoms with Gasteiger partial charge in [0.25, 0.3) is 0 Å². The average molecular weight is 241 g/mol. The van der Waals surface area contributed by atoms with Gasteiger partial charge in [-0.05, 0) is 12.5 Å². The molecule has 3 unspecified atom stereocenters. The highest BCUT2D eigenvalue weighted by atomic mass is 32.2. The van der Waals surface area contributed by atoms with Gasteiger partial charge in [-0.25, -0.2) is 0 Å². The lowest BCUT2D eigenvalue weighted by atomic mass is 10.1. The van der Waals surface area contributed by atoms with E-state index < -0.39 is 16.9 Å². The predicted molar refractivity (Wildman–Crippen MR) is 67.8 cm³/mol. The van der Waals surface area contributed by atoms with E-state index in [1.165, 1.54) is 0 Å². The van der Waals surface area contributed by atoms with Crippen LogP contribution in [0.2, 0.25) is 0 Å². The van der Waals surface area contributed by atoms with Gasteiger partial charge in [0.05, 0.1) is 6.10 Å². The quantitative estimate of drug-likeness (QED) is 0.783. The number of aliphatic hydroxyl groups is 1. The molecule has 0 radical (unpaired) electrons. The third-order valence-electron chi connectivity index (χ3n) is 2.52. The van der Waals surface area contributed by atoms with Crippen molar-refractivity contribution in [2.75, 3.05) is 19.3 Å². The van der Waals surface area contributed by atoms with Crippen molar-refractivity contribution in [3.05, 3.63) is 35.9 Å². The van der Waals surface area contributed by atoms with Crippen LogP contribution in [-0.4, -0.2) is 33.9 Å². The van der Waals surface area contributed by atoms with Gasteiger partial charge < -0.3 is 10.4 Å². The Balaban J connectivity index is 2.31. The van der Waals surface area contributed by atoms with Crippen molar-refractivity contribution in [2.45, 2.75) is 18.3 Å². The maximum Gasteiger partial charge on any atom is 0.0914 e. The van der Waals surface area contributed by atoms with Crippen LogP contribution in [0.1, 0.15) is 18.6 Å². The minimum Gasteiger partial charge on any atom is -0.387 e. The van der Waals surface area contributed by atoms with Gasteiger partial charge in [0.2, 0.25) is 0 Å². The molecule has 3 atom stereocenters. The molecule has 0 heterocycles. The normalized spacial score (nSPS) is 16.7. The summed E-state index contributed by atoms with van der Waals surface area (Å²) in [7, 11) is -0.814. The van der Waals surface area contributed by atoms with Crippen molar-refractivity contribution in [2.24, 2.45) is 0 Å². The van der Waals surface area contributed by atoms with E-state index in [0.29, 0.717) is 13.1 Å². The number of aliphatic hydroxyl groups excluding tert-OH is 1. The van der Waals surface area contributed by atoms with Crippen LogP contribution in [0.3, 0.4) is 0 Å². The standard InChI is InChI=1S/C12H19NO2S/c1-10(16(2)15)8-13-9-12(14)11-6-4-3-5-7-11/h3-7,10,12-14H,8-9H2,1-2H3. The second-order valence-corrected chi connectivity index (χ2v) is 5.70. The maximum atomic E-state index is 11.1. The predicted octanol–water partition coefficient (Wildman–Crippen LogP) is 1.08. The largest absolute Gasteiger partial charge is 0.387 e. The lowest BCUT2D eigenvalue weighted by molar-refractivity contribution is 0.175. The summed E-state index contributed by atoms with van der Waals surface area (Å²) in [6, 6.07) is 9.53. The van der Waals surface area contributed by atoms with Crippen molar-refractivity contribution in [3.63, 3.8) is 0 Å². The van der Waals surface area contributed by atoms with Gasteiger partial charge in [-0.1, -0.05) is 30.3 Å². The van der Waals surface area contributed by atoms with Crippen LogP contribution in [0, 0.1) is 0 Å². The molecule has 1 aromatic carbocycles. The molecule has 0 aliphatic heterocycles. The third kappa shape index (κ3) is 4.43. The number of benzene rings is 1. The molecule has 4 heteroatoms. The zero-order valence-electron chi connectivity index (χ0n) is 9.72. The molecular formula is C12H19NO2S. The SMILES string of the molecule is CC(CNCC(O)c1ccccc1)S(C)=O. The molecule has 16 heavy (non-hydrogen) atoms. The average Bonchev–Trinajstić information content (AvgIpc) is 2.29. The summed E-state index contributed by atoms with van der Waals surface area (Å²) in [5, 5.41) is 13.1. The van der Waals surface area contributed by atoms with Crippen LogP contribution in [0.5, 0.6) is 0 Å². The number of nitrogens with one attached hydrogen (secondary N) is 1. The highest BCUT2D eigenvalue weighted by Crippen LogP contribution is 2.10. The lowest BCUT2D eigenvalue weighted by Crippen LogP contribution is -2.30. The van der Waals surface area contributed by atoms with E-state index in [-0.39, 0.29) is 5.25 Å². The first-order valence-corrected chi connectivity index (χ1v) is 6.99. The maximum absolute atomic E-state index is 11.1. The molecule has 0 fully saturated rings. The van der Waals surface area contributed by atoms with E-state index >= 15 is 0 Å². The van der Waals surface area contributed by atoms with Gasteiger partial charge >= 0.3 is 0 Å². The Bertz CT molecular complexity index is 329. The first-order valence-electron chi connectivity index (χ1n) is 5.37. The smallest absolute Gasteiger partial charge is 0.0914 e. The van der Waals surface area contributed by atoms with E-state index in [4.69, 9.17) is 0 Å². The summed E-state index contributed by atoms with van der Waals surface area (Å²) in [5.74, 6) is 0. The van der Waals surface area contributed by atoms with Crippen molar-refractivity contribution in [1.29, 1.82) is 0 Å². The van der Waals surface area contributed by atoms with Crippen molar-refractivity contribution < 1.29 is 9.32 Å². The highest BCUT2D eigenvalue weighted by molar-refractivity contribution is 7.84. The summed E-state index contributed by atoms with van der Waals surface area (Å²) >= 11 is 0. The summed E-state index contributed by atoms with van der Waals surface area (Å²) in [4.78, 5) is 0. The van der Waals surface area contributed by atoms with Crippen molar-refractivity contribution in [1.82, 2.24) is 5.32 Å². The summed E-state index contributed by atoms with van der Waals surface area (Å²) in [6.45, 7) is 3.08. The zero-order valence-corrected chi connectivity index (χ0v) is 10.5. The van der Waals surface area contributed by atoms with Crippen LogP contribution in [0.15, 0.2) is 30.3 Å². The zero-order chi connectivity index (χ0) is 12.0. The van der Waals surface area contributed by atoms with Crippen molar-refractivity contribution in [3.8, 4) is 0 Å². The molecule has 2 N–H and O–H groups in total. The summed E-state index contributed by atoms with van der Waals surface area (Å²) < 4.78 is 11.1. The van der Waals surface area contributed by atoms with Crippen LogP contribution >= 0.6 is 0 Å². The first kappa shape index (κ1) is 13.4. The van der Waals surface area contributed by atoms with Gasteiger partial charge in [-0.3, -0.25) is 4.21 Å². The summed E-state index contributed by atoms with van der Waals surface area (Å²) in [5.41, 5.74) is 0.903. The lowest BCUT2D eigenvalue weighted by Gasteiger charge is -2.14. The number of rotatable bonds is 6. The van der Waals surface area contributed by atoms with E-state index in [2.05, 4.69) is 5.32 Å². The first-order chi connectivity index (χ1) is 7.61. The molecular weight excluding hydrogens is 222 g/mol. The molecule has 1 rings (SSSR count). The van der Waals surface area contributed by atoms with E-state index in [0.717, 1.165) is 5.56 Å². The minimum atomic E-state index is -0.814. The van der Waals surface area contributed by atoms with Crippen LogP contribution in [0.4, 0.5) is 0 Å². The van der Waals surface area contributed by atoms with E-state index in [1.807, 2.05) is 37.3 Å². The Morgan fingerprint density at radius 1 is 1.31 bits per heavy atom. The number of hydrogen-bond donors (Lipinski definition) is 2. The Labute approximate surface area is 99.3 Å². The fourth-order valence-corrected chi connectivity index (χ4v) is 1.69. The molecule has 0 aliphatic rings. The van der Waals surface area contributed by atoms with Gasteiger partial charge in [0.1, 0.15) is 0 Å². The second kappa shape index (κ2) is 6.78. The third-order valence-corrected chi connectivity index (χ3v) is 3.82. The molecule has 90 valence electrons. The van der Waals surface area contributed by atoms with Crippen LogP contribution in [-0.2, 0) is 10.8 Å². The Morgan fingerprint density at radius 2 is 1.94 bits per heavy atom. The van der Waals surface area contributed by atoms with E-state index in [9.17, 15) is 9.32 Å². The fraction of sp³-hybridized carbons (Fsp3) is 0.500. The Hall–Kier alpha value is -0.710. The van der Waals surface area contributed by atoms with E-state index in [1.54, 1.807) is 6.26 Å². The highest BCUT2D eigenvalue weighted by Gasteiger charge is 2.09. The van der Waals surface area contributed by atoms with Gasteiger partial charge in [0.15, 0.2) is 0 Å². The molecule has 0 spiro atoms. The molecule has 0 saturated carbocycles. The molecule has 1 aromatic rings. The molecule has 0 amide bonds. The molecule has 0 aromatic heterocycles. The molecule has 0 saturated heterocycles. The molecule has 3 nitrogen and oxygen atoms in total. The number of hydrogen-bond acceptors (Lipinski definition) is 3. The summed E-state index contributed by atoms with van der Waals surface area (Å²) in [6.07, 6.45) is 1.19. The molecule has 0 bridgehead atoms. The Morgan fingerprint density at radius 3 is 2.50 bits per heavy atom. The van der Waals surface area contributed by atoms with Gasteiger partial charge in [-0.15, -0.1) is 0 Å². The fourth-order valence-electron chi connectivity index (χ4n) is 1.33. The van der Waals surface area contributed by atoms with Crippen molar-refractivity contribution >= 4 is 10.8 Å². The topological polar surface area (TPSA) is 49.3 Å².